The molecule has 34 nitrogen and oxygen atoms in total. The lowest BCUT2D eigenvalue weighted by atomic mass is 9.98. The summed E-state index contributed by atoms with van der Waals surface area (Å²) in [5.74, 6) is 5.04. The van der Waals surface area contributed by atoms with Crippen LogP contribution in [-0.4, -0.2) is 220 Å². The van der Waals surface area contributed by atoms with Crippen molar-refractivity contribution in [3.05, 3.63) is 303 Å². The third-order valence-corrected chi connectivity index (χ3v) is 26.0. The van der Waals surface area contributed by atoms with E-state index in [9.17, 15) is 28.8 Å². The molecule has 16 heterocycles. The fourth-order valence-corrected chi connectivity index (χ4v) is 17.7. The molecule has 0 aliphatic carbocycles. The van der Waals surface area contributed by atoms with E-state index in [0.717, 1.165) is 182 Å². The summed E-state index contributed by atoms with van der Waals surface area (Å²) >= 11 is 2.18. The minimum atomic E-state index is -0.864. The normalized spacial score (nSPS) is 16.1. The molecule has 16 aromatic rings. The summed E-state index contributed by atoms with van der Waals surface area (Å²) in [7, 11) is 0. The SMILES string of the molecule is CC(C)(C)OC(=O)N1CCc2nc3ccnn3c(N3CC(c4nc5ccccc5o4)C3)c2CC1.O=C(Nc1ccccc1I)C1CN(C(=O)OCc2ccccc2)C1.O=C(O)C1CN(C(=O)OCc2ccccc2)C1.O=C(OCc1ccccc1)N1CC(c2nc3ccccc3o2)C1.c1ccc2oc(C3CN(c4c5c(nc6ccnn46)CCNCC5)C3)nc2c1.c1ccc2oc(C3CNC3)nc2c1. The number of hydrogen-bond acceptors (Lipinski definition) is 26. The van der Waals surface area contributed by atoms with E-state index in [1.165, 1.54) is 22.0 Å². The number of ether oxygens (including phenoxy) is 4. The molecule has 24 rings (SSSR count). The van der Waals surface area contributed by atoms with Crippen LogP contribution in [0.3, 0.4) is 0 Å². The van der Waals surface area contributed by atoms with E-state index in [0.29, 0.717) is 76.4 Å². The van der Waals surface area contributed by atoms with E-state index in [1.807, 2.05) is 260 Å². The van der Waals surface area contributed by atoms with E-state index in [-0.39, 0.29) is 68.2 Å². The second-order valence-electron chi connectivity index (χ2n) is 36.0. The maximum atomic E-state index is 12.7. The Balaban J connectivity index is 0.000000108. The minimum absolute atomic E-state index is 0.0637. The molecule has 8 aliphatic rings. The van der Waals surface area contributed by atoms with Gasteiger partial charge in [-0.05, 0) is 140 Å². The standard InChI is InChI=1S/C25H28N6O3.C20H20N6O.C18H17IN2O3.C18H16N2O3.C12H13NO4.C10H10N2O/c1-25(2,3)34-24(32)29-12-9-17-18(10-13-29)27-21-8-11-26-31(21)23(17)30-14-16(15-30)22-28-19-6-4-5-7-20(19)33-22;1-2-4-17-16(3-1)24-19(27-17)13-11-25(12-13)20-14-5-8-21-9-6-15(14)23-18-7-10-22-26(18)20;19-15-8-4-5-9-16(15)20-17(22)14-10-21(11-14)18(23)24-12-13-6-2-1-3-7-13;21-18(22-12-13-6-2-1-3-7-13)20-10-14(11-20)17-19-15-8-4-5-9-16(15)23-17;14-11(15)10-6-13(7-10)12(16)17-8-9-4-2-1-3-5-9;1-2-4-9-8(3-1)12-10(13-9)7-5-11-6-7/h4-8,11,16H,9-10,12-15H2,1-3H3;1-4,7,10,13,21H,5-6,8-9,11-12H2;1-9,14H,10-12H2,(H,20,22);1-9,14H,10-12H2;1-5,10H,6-8H2,(H,14,15);1-4,7,11H,5-6H2. The summed E-state index contributed by atoms with van der Waals surface area (Å²) in [6.07, 6.45) is 5.57. The van der Waals surface area contributed by atoms with Crippen LogP contribution in [0, 0.1) is 15.4 Å². The number of carbonyl (C=O) groups is 6. The zero-order valence-electron chi connectivity index (χ0n) is 76.4. The molecule has 0 saturated carbocycles. The van der Waals surface area contributed by atoms with Gasteiger partial charge in [-0.1, -0.05) is 152 Å². The van der Waals surface area contributed by atoms with Crippen molar-refractivity contribution in [1.82, 2.24) is 79.4 Å². The number of benzene rings is 8. The highest BCUT2D eigenvalue weighted by Gasteiger charge is 2.42. The van der Waals surface area contributed by atoms with Gasteiger partial charge < -0.3 is 87.1 Å². The number of amides is 5. The van der Waals surface area contributed by atoms with Gasteiger partial charge in [0.1, 0.15) is 59.1 Å². The smallest absolute Gasteiger partial charge is 0.410 e. The maximum absolute atomic E-state index is 12.7. The highest BCUT2D eigenvalue weighted by atomic mass is 127. The highest BCUT2D eigenvalue weighted by Crippen LogP contribution is 2.40. The molecule has 8 aromatic heterocycles. The van der Waals surface area contributed by atoms with E-state index in [1.54, 1.807) is 20.9 Å². The number of halogens is 1. The third kappa shape index (κ3) is 21.7. The van der Waals surface area contributed by atoms with Crippen molar-refractivity contribution in [3.63, 3.8) is 0 Å². The quantitative estimate of drug-likeness (QED) is 0.0547. The summed E-state index contributed by atoms with van der Waals surface area (Å²) in [5.41, 5.74) is 16.6. The third-order valence-electron chi connectivity index (χ3n) is 25.0. The Morgan fingerprint density at radius 3 is 1.20 bits per heavy atom. The number of fused-ring (bicyclic) bond motifs is 8. The molecule has 0 bridgehead atoms. The predicted octanol–water partition coefficient (Wildman–Crippen LogP) is 15.9. The zero-order chi connectivity index (χ0) is 94.8. The first-order valence-corrected chi connectivity index (χ1v) is 47.5. The van der Waals surface area contributed by atoms with Crippen molar-refractivity contribution < 1.29 is 70.5 Å². The van der Waals surface area contributed by atoms with Gasteiger partial charge in [0.15, 0.2) is 33.6 Å². The summed E-state index contributed by atoms with van der Waals surface area (Å²) in [4.78, 5) is 110. The first kappa shape index (κ1) is 92.2. The van der Waals surface area contributed by atoms with Crippen LogP contribution < -0.4 is 25.8 Å². The van der Waals surface area contributed by atoms with Crippen molar-refractivity contribution in [2.24, 2.45) is 11.8 Å². The van der Waals surface area contributed by atoms with Crippen LogP contribution in [0.1, 0.15) is 107 Å². The molecule has 35 heteroatoms. The average molecular weight is 1970 g/mol. The molecule has 0 radical (unpaired) electrons. The van der Waals surface area contributed by atoms with Crippen LogP contribution in [-0.2, 0) is 74.0 Å². The summed E-state index contributed by atoms with van der Waals surface area (Å²) in [6, 6.07) is 71.4. The Kier molecular flexibility index (Phi) is 27.9. The molecule has 8 aliphatic heterocycles. The van der Waals surface area contributed by atoms with Gasteiger partial charge in [-0.2, -0.15) is 19.2 Å². The summed E-state index contributed by atoms with van der Waals surface area (Å²) < 4.78 is 49.5. The molecule has 0 unspecified atom stereocenters. The van der Waals surface area contributed by atoms with Gasteiger partial charge in [0.05, 0.1) is 65.0 Å². The highest BCUT2D eigenvalue weighted by molar-refractivity contribution is 14.1. The van der Waals surface area contributed by atoms with Crippen LogP contribution >= 0.6 is 22.6 Å². The zero-order valence-corrected chi connectivity index (χ0v) is 78.6. The lowest BCUT2D eigenvalue weighted by Crippen LogP contribution is -2.54. The fraction of sp³-hybridized carbons (Fsp3) is 0.320. The Hall–Kier alpha value is -14.9. The Labute approximate surface area is 807 Å². The second-order valence-corrected chi connectivity index (χ2v) is 37.2. The Bertz CT molecular complexity index is 6860. The monoisotopic (exact) mass is 1970 g/mol. The van der Waals surface area contributed by atoms with E-state index >= 15 is 0 Å². The van der Waals surface area contributed by atoms with E-state index in [2.05, 4.69) is 78.5 Å². The molecule has 708 valence electrons. The van der Waals surface area contributed by atoms with Crippen LogP contribution in [0.25, 0.3) is 55.7 Å². The number of aromatic nitrogens is 10. The van der Waals surface area contributed by atoms with Crippen LogP contribution in [0.2, 0.25) is 0 Å². The number of carboxylic acid groups (broad SMARTS) is 1. The number of para-hydroxylation sites is 9. The number of oxazole rings is 4. The lowest BCUT2D eigenvalue weighted by Gasteiger charge is -2.40. The first-order chi connectivity index (χ1) is 67.2. The Morgan fingerprint density at radius 2 is 0.783 bits per heavy atom. The Morgan fingerprint density at radius 1 is 0.406 bits per heavy atom. The average Bonchev–Trinajstić information content (AvgIpc) is 1.59. The van der Waals surface area contributed by atoms with Crippen molar-refractivity contribution in [2.45, 2.75) is 95.5 Å². The molecule has 0 spiro atoms. The molecule has 138 heavy (non-hydrogen) atoms. The number of rotatable bonds is 15. The molecular weight excluding hydrogens is 1870 g/mol. The lowest BCUT2D eigenvalue weighted by molar-refractivity contribution is -0.146. The number of nitrogens with zero attached hydrogens (tertiary/aromatic N) is 16. The van der Waals surface area contributed by atoms with E-state index in [4.69, 9.17) is 51.7 Å². The van der Waals surface area contributed by atoms with Crippen molar-refractivity contribution in [2.75, 3.05) is 120 Å². The van der Waals surface area contributed by atoms with Gasteiger partial charge in [-0.3, -0.25) is 9.59 Å². The topological polar surface area (TPSA) is 380 Å². The van der Waals surface area contributed by atoms with E-state index < -0.39 is 23.6 Å². The van der Waals surface area contributed by atoms with Crippen LogP contribution in [0.5, 0.6) is 0 Å². The van der Waals surface area contributed by atoms with Crippen LogP contribution in [0.4, 0.5) is 36.5 Å². The second kappa shape index (κ2) is 41.8. The van der Waals surface area contributed by atoms with Crippen molar-refractivity contribution in [3.8, 4) is 0 Å². The maximum Gasteiger partial charge on any atom is 0.410 e. The number of nitrogens with one attached hydrogen (secondary N) is 3. The van der Waals surface area contributed by atoms with Crippen molar-refractivity contribution >= 4 is 132 Å². The van der Waals surface area contributed by atoms with Gasteiger partial charge in [-0.25, -0.2) is 49.1 Å². The molecule has 6 saturated heterocycles. The first-order valence-electron chi connectivity index (χ1n) is 46.4. The van der Waals surface area contributed by atoms with Gasteiger partial charge >= 0.3 is 30.3 Å². The molecule has 0 atom stereocenters. The number of hydrogen-bond donors (Lipinski definition) is 4. The number of carboxylic acids is 1. The largest absolute Gasteiger partial charge is 0.481 e. The number of aliphatic carboxylic acids is 1. The predicted molar refractivity (Wildman–Crippen MR) is 523 cm³/mol. The number of likely N-dealkylation sites (tertiary alicyclic amines) is 3. The number of anilines is 3. The van der Waals surface area contributed by atoms with Crippen LogP contribution in [0.15, 0.2) is 255 Å². The van der Waals surface area contributed by atoms with Crippen molar-refractivity contribution in [1.29, 1.82) is 0 Å². The number of carbonyl (C=O) groups excluding carboxylic acids is 5. The molecule has 4 N–H and O–H groups in total. The molecule has 5 amide bonds. The van der Waals surface area contributed by atoms with Gasteiger partial charge in [0, 0.05) is 138 Å². The van der Waals surface area contributed by atoms with Gasteiger partial charge in [0.25, 0.3) is 0 Å². The minimum Gasteiger partial charge on any atom is -0.481 e. The summed E-state index contributed by atoms with van der Waals surface area (Å²) in [5, 5.41) is 27.4. The molecule has 8 aromatic carbocycles. The summed E-state index contributed by atoms with van der Waals surface area (Å²) in [6.45, 7) is 17.4. The fourth-order valence-electron chi connectivity index (χ4n) is 17.2. The molecular formula is C103H104IN19O15. The van der Waals surface area contributed by atoms with Gasteiger partial charge in [-0.15, -0.1) is 0 Å². The molecule has 6 fully saturated rings. The van der Waals surface area contributed by atoms with Gasteiger partial charge in [0.2, 0.25) is 29.5 Å².